The first-order chi connectivity index (χ1) is 15.2. The smallest absolute Gasteiger partial charge is 0.227 e. The third kappa shape index (κ3) is 2.87. The minimum absolute atomic E-state index is 0.0261. The summed E-state index contributed by atoms with van der Waals surface area (Å²) in [4.78, 5) is 8.66. The predicted octanol–water partition coefficient (Wildman–Crippen LogP) is 5.94. The van der Waals surface area contributed by atoms with Crippen molar-refractivity contribution in [3.8, 4) is 11.3 Å². The molecular formula is C24H18N2O. The fourth-order valence-corrected chi connectivity index (χ4v) is 3.22. The third-order valence-corrected chi connectivity index (χ3v) is 4.46. The van der Waals surface area contributed by atoms with Gasteiger partial charge in [0.1, 0.15) is 5.58 Å². The van der Waals surface area contributed by atoms with E-state index >= 15 is 0 Å². The Kier molecular flexibility index (Phi) is 2.66. The maximum absolute atomic E-state index is 8.65. The number of fused-ring (bicyclic) bond motifs is 3. The van der Waals surface area contributed by atoms with Crippen LogP contribution >= 0.6 is 0 Å². The first kappa shape index (κ1) is 11.3. The van der Waals surface area contributed by atoms with Crippen molar-refractivity contribution in [1.29, 1.82) is 0 Å². The SMILES string of the molecule is [2H]C([2H])([2H])c1ccc2c(n1)oc1c(-c3cc(C([2H])([2H])c4ccccc4)ccn3)cccc12. The molecule has 0 fully saturated rings. The summed E-state index contributed by atoms with van der Waals surface area (Å²) in [6.45, 7) is -2.32. The lowest BCUT2D eigenvalue weighted by atomic mass is 10.0. The van der Waals surface area contributed by atoms with Crippen molar-refractivity contribution in [3.05, 3.63) is 95.8 Å². The molecule has 0 aliphatic heterocycles. The average Bonchev–Trinajstić information content (AvgIpc) is 3.17. The molecule has 3 heteroatoms. The van der Waals surface area contributed by atoms with Crippen molar-refractivity contribution in [3.63, 3.8) is 0 Å². The normalized spacial score (nSPS) is 15.0. The molecule has 0 amide bonds. The highest BCUT2D eigenvalue weighted by atomic mass is 16.3. The van der Waals surface area contributed by atoms with Crippen LogP contribution in [0.4, 0.5) is 0 Å². The van der Waals surface area contributed by atoms with Crippen LogP contribution < -0.4 is 0 Å². The molecule has 0 atom stereocenters. The van der Waals surface area contributed by atoms with E-state index in [9.17, 15) is 0 Å². The number of pyridine rings is 2. The highest BCUT2D eigenvalue weighted by Gasteiger charge is 2.14. The van der Waals surface area contributed by atoms with E-state index in [0.29, 0.717) is 33.4 Å². The molecule has 3 heterocycles. The van der Waals surface area contributed by atoms with Crippen molar-refractivity contribution < 1.29 is 11.3 Å². The zero-order valence-electron chi connectivity index (χ0n) is 19.3. The van der Waals surface area contributed by atoms with Crippen LogP contribution in [0.1, 0.15) is 23.7 Å². The van der Waals surface area contributed by atoms with Gasteiger partial charge in [0.15, 0.2) is 0 Å². The molecule has 3 aromatic heterocycles. The lowest BCUT2D eigenvalue weighted by molar-refractivity contribution is 0.653. The van der Waals surface area contributed by atoms with E-state index < -0.39 is 13.2 Å². The van der Waals surface area contributed by atoms with E-state index in [1.54, 1.807) is 36.5 Å². The summed E-state index contributed by atoms with van der Waals surface area (Å²) in [6, 6.07) is 21.2. The van der Waals surface area contributed by atoms with Gasteiger partial charge in [-0.25, -0.2) is 4.98 Å². The Morgan fingerprint density at radius 2 is 1.85 bits per heavy atom. The Labute approximate surface area is 164 Å². The van der Waals surface area contributed by atoms with Crippen LogP contribution in [-0.2, 0) is 6.37 Å². The van der Waals surface area contributed by atoms with Gasteiger partial charge in [0.2, 0.25) is 5.71 Å². The van der Waals surface area contributed by atoms with Crippen molar-refractivity contribution >= 4 is 22.1 Å². The van der Waals surface area contributed by atoms with Crippen LogP contribution in [0.3, 0.4) is 0 Å². The summed E-state index contributed by atoms with van der Waals surface area (Å²) in [5, 5.41) is 1.51. The summed E-state index contributed by atoms with van der Waals surface area (Å²) in [5.41, 5.74) is 3.02. The van der Waals surface area contributed by atoms with Gasteiger partial charge in [-0.3, -0.25) is 4.98 Å². The van der Waals surface area contributed by atoms with Gasteiger partial charge in [-0.2, -0.15) is 0 Å². The van der Waals surface area contributed by atoms with Gasteiger partial charge >= 0.3 is 0 Å². The molecule has 0 spiro atoms. The van der Waals surface area contributed by atoms with Gasteiger partial charge in [0.25, 0.3) is 0 Å². The number of benzene rings is 2. The second kappa shape index (κ2) is 6.36. The topological polar surface area (TPSA) is 38.9 Å². The molecular weight excluding hydrogens is 332 g/mol. The number of furan rings is 1. The molecule has 3 nitrogen and oxygen atoms in total. The Morgan fingerprint density at radius 3 is 2.74 bits per heavy atom. The largest absolute Gasteiger partial charge is 0.437 e. The monoisotopic (exact) mass is 355 g/mol. The van der Waals surface area contributed by atoms with Gasteiger partial charge in [-0.05, 0) is 54.7 Å². The average molecular weight is 355 g/mol. The second-order valence-corrected chi connectivity index (χ2v) is 6.25. The van der Waals surface area contributed by atoms with Gasteiger partial charge in [0.05, 0.1) is 5.69 Å². The third-order valence-electron chi connectivity index (χ3n) is 4.46. The van der Waals surface area contributed by atoms with E-state index in [-0.39, 0.29) is 11.4 Å². The van der Waals surface area contributed by atoms with Gasteiger partial charge in [-0.15, -0.1) is 0 Å². The van der Waals surface area contributed by atoms with Gasteiger partial charge < -0.3 is 4.42 Å². The molecule has 2 aromatic carbocycles. The van der Waals surface area contributed by atoms with Crippen LogP contribution in [0.2, 0.25) is 0 Å². The molecule has 0 saturated heterocycles. The molecule has 0 radical (unpaired) electrons. The first-order valence-electron chi connectivity index (χ1n) is 11.1. The molecule has 5 rings (SSSR count). The van der Waals surface area contributed by atoms with Crippen LogP contribution in [0.15, 0.2) is 83.4 Å². The molecule has 27 heavy (non-hydrogen) atoms. The maximum atomic E-state index is 8.65. The Bertz CT molecular complexity index is 1440. The van der Waals surface area contributed by atoms with Crippen LogP contribution in [0.5, 0.6) is 0 Å². The van der Waals surface area contributed by atoms with E-state index in [2.05, 4.69) is 9.97 Å². The second-order valence-electron chi connectivity index (χ2n) is 6.25. The minimum atomic E-state index is -2.32. The van der Waals surface area contributed by atoms with Gasteiger partial charge in [-0.1, -0.05) is 42.5 Å². The predicted molar refractivity (Wildman–Crippen MR) is 109 cm³/mol. The minimum Gasteiger partial charge on any atom is -0.437 e. The summed E-state index contributed by atoms with van der Waals surface area (Å²) in [7, 11) is 0. The molecule has 0 aliphatic carbocycles. The van der Waals surface area contributed by atoms with Crippen LogP contribution in [0.25, 0.3) is 33.3 Å². The fraction of sp³-hybridized carbons (Fsp3) is 0.0833. The number of aromatic nitrogens is 2. The van der Waals surface area contributed by atoms with E-state index in [4.69, 9.17) is 11.3 Å². The molecule has 0 aliphatic rings. The Hall–Kier alpha value is -3.46. The van der Waals surface area contributed by atoms with E-state index in [0.717, 1.165) is 5.39 Å². The van der Waals surface area contributed by atoms with Crippen LogP contribution in [0, 0.1) is 6.85 Å². The summed E-state index contributed by atoms with van der Waals surface area (Å²) < 4.78 is 46.1. The molecule has 130 valence electrons. The number of nitrogens with zero attached hydrogens (tertiary/aromatic N) is 2. The summed E-state index contributed by atoms with van der Waals surface area (Å²) in [5.74, 6) is 0. The molecule has 0 N–H and O–H groups in total. The number of hydrogen-bond donors (Lipinski definition) is 0. The number of hydrogen-bond acceptors (Lipinski definition) is 3. The molecule has 0 unspecified atom stereocenters. The van der Waals surface area contributed by atoms with E-state index in [1.807, 2.05) is 36.4 Å². The van der Waals surface area contributed by atoms with Crippen molar-refractivity contribution in [2.75, 3.05) is 0 Å². The fourth-order valence-electron chi connectivity index (χ4n) is 3.22. The Morgan fingerprint density at radius 1 is 0.926 bits per heavy atom. The molecule has 0 saturated carbocycles. The number of aryl methyl sites for hydroxylation is 1. The van der Waals surface area contributed by atoms with Crippen LogP contribution in [-0.4, -0.2) is 9.97 Å². The van der Waals surface area contributed by atoms with Gasteiger partial charge in [0, 0.05) is 35.1 Å². The standard InChI is InChI=1S/C24H18N2O/c1-16-10-11-20-19-8-5-9-21(23(19)27-24(20)26-16)22-15-18(12-13-25-22)14-17-6-3-2-4-7-17/h2-13,15H,14H2,1H3/i1D3,14D2. The van der Waals surface area contributed by atoms with Crippen molar-refractivity contribution in [2.45, 2.75) is 13.2 Å². The van der Waals surface area contributed by atoms with Crippen molar-refractivity contribution in [1.82, 2.24) is 9.97 Å². The lowest BCUT2D eigenvalue weighted by Crippen LogP contribution is -1.91. The molecule has 0 bridgehead atoms. The maximum Gasteiger partial charge on any atom is 0.227 e. The highest BCUT2D eigenvalue weighted by Crippen LogP contribution is 2.34. The quantitative estimate of drug-likeness (QED) is 0.402. The van der Waals surface area contributed by atoms with Crippen molar-refractivity contribution in [2.24, 2.45) is 0 Å². The van der Waals surface area contributed by atoms with E-state index in [1.165, 1.54) is 6.07 Å². The molecule has 5 aromatic rings. The zero-order chi connectivity index (χ0) is 22.5. The Balaban J connectivity index is 1.66. The lowest BCUT2D eigenvalue weighted by Gasteiger charge is -2.06. The number of para-hydroxylation sites is 1. The zero-order valence-corrected chi connectivity index (χ0v) is 14.3. The summed E-state index contributed by atoms with van der Waals surface area (Å²) in [6.07, 6.45) is -0.116. The highest BCUT2D eigenvalue weighted by molar-refractivity contribution is 6.08. The first-order valence-corrected chi connectivity index (χ1v) is 8.60. The summed E-state index contributed by atoms with van der Waals surface area (Å²) >= 11 is 0. The number of rotatable bonds is 3.